The van der Waals surface area contributed by atoms with Crippen molar-refractivity contribution >= 4 is 11.4 Å². The van der Waals surface area contributed by atoms with Gasteiger partial charge in [0.05, 0.1) is 17.7 Å². The molecule has 0 aromatic heterocycles. The van der Waals surface area contributed by atoms with E-state index in [4.69, 9.17) is 0 Å². The van der Waals surface area contributed by atoms with E-state index in [1.807, 2.05) is 0 Å². The Hall–Kier alpha value is -1.28. The maximum atomic E-state index is 3.56. The summed E-state index contributed by atoms with van der Waals surface area (Å²) in [7, 11) is 0. The van der Waals surface area contributed by atoms with E-state index in [0.717, 1.165) is 13.1 Å². The number of rotatable bonds is 2. The highest BCUT2D eigenvalue weighted by Gasteiger charge is 2.34. The van der Waals surface area contributed by atoms with E-state index in [1.165, 1.54) is 22.5 Å². The predicted molar refractivity (Wildman–Crippen MR) is 82.6 cm³/mol. The lowest BCUT2D eigenvalue weighted by atomic mass is 10.0. The van der Waals surface area contributed by atoms with Gasteiger partial charge in [0.15, 0.2) is 0 Å². The molecular weight excluding hydrogens is 268 g/mol. The second-order valence-electron chi connectivity index (χ2n) is 6.16. The van der Waals surface area contributed by atoms with E-state index >= 15 is 0 Å². The van der Waals surface area contributed by atoms with Gasteiger partial charge >= 0.3 is 0 Å². The molecule has 1 heterocycles. The van der Waals surface area contributed by atoms with Gasteiger partial charge in [0, 0.05) is 0 Å². The van der Waals surface area contributed by atoms with Crippen molar-refractivity contribution in [1.29, 1.82) is 0 Å². The molecule has 0 saturated heterocycles. The molecule has 1 aromatic rings. The van der Waals surface area contributed by atoms with Gasteiger partial charge in [-0.25, -0.2) is 0 Å². The van der Waals surface area contributed by atoms with Crippen LogP contribution in [0.1, 0.15) is 40.2 Å². The fraction of sp³-hybridized carbons (Fsp3) is 0.471. The molecule has 0 radical (unpaired) electrons. The van der Waals surface area contributed by atoms with Crippen molar-refractivity contribution in [3.8, 4) is 0 Å². The van der Waals surface area contributed by atoms with Crippen LogP contribution in [0.25, 0.3) is 5.57 Å². The molecule has 2 rings (SSSR count). The first-order valence-electron chi connectivity index (χ1n) is 7.09. The third-order valence-electron chi connectivity index (χ3n) is 3.55. The zero-order valence-corrected chi connectivity index (χ0v) is 13.9. The second kappa shape index (κ2) is 6.45. The quantitative estimate of drug-likeness (QED) is 0.775. The van der Waals surface area contributed by atoms with Crippen molar-refractivity contribution in [3.05, 3.63) is 41.5 Å². The lowest BCUT2D eigenvalue weighted by Crippen LogP contribution is -3.00. The largest absolute Gasteiger partial charge is 1.00 e. The van der Waals surface area contributed by atoms with Crippen LogP contribution >= 0.6 is 0 Å². The van der Waals surface area contributed by atoms with Gasteiger partial charge in [-0.15, -0.1) is 0 Å². The van der Waals surface area contributed by atoms with Crippen LogP contribution in [0.4, 0.5) is 0 Å². The van der Waals surface area contributed by atoms with Crippen LogP contribution in [0.15, 0.2) is 35.9 Å². The first-order valence-corrected chi connectivity index (χ1v) is 7.09. The number of halogens is 1. The summed E-state index contributed by atoms with van der Waals surface area (Å²) in [5.74, 6) is 1.28. The van der Waals surface area contributed by atoms with Gasteiger partial charge in [-0.3, -0.25) is 9.89 Å². The van der Waals surface area contributed by atoms with Crippen LogP contribution < -0.4 is 17.7 Å². The molecule has 0 amide bonds. The molecule has 0 aliphatic carbocycles. The maximum absolute atomic E-state index is 3.56. The summed E-state index contributed by atoms with van der Waals surface area (Å²) in [4.78, 5) is 0. The minimum absolute atomic E-state index is 0. The Morgan fingerprint density at radius 3 is 2.25 bits per heavy atom. The molecule has 2 nitrogen and oxygen atoms in total. The highest BCUT2D eigenvalue weighted by atomic mass is 35.5. The number of nitrogens with zero attached hydrogens (tertiary/aromatic N) is 1. The average molecular weight is 293 g/mol. The van der Waals surface area contributed by atoms with Crippen LogP contribution in [0.3, 0.4) is 0 Å². The van der Waals surface area contributed by atoms with Crippen LogP contribution in [-0.2, 0) is 0 Å². The summed E-state index contributed by atoms with van der Waals surface area (Å²) in [5.41, 5.74) is 4.26. The van der Waals surface area contributed by atoms with Gasteiger partial charge < -0.3 is 12.4 Å². The number of amidine groups is 1. The molecule has 110 valence electrons. The fourth-order valence-electron chi connectivity index (χ4n) is 2.64. The molecule has 1 N–H and O–H groups in total. The minimum atomic E-state index is 0. The molecule has 0 bridgehead atoms. The van der Waals surface area contributed by atoms with Crippen molar-refractivity contribution in [2.75, 3.05) is 13.1 Å². The Labute approximate surface area is 129 Å². The number of hydrogen-bond acceptors (Lipinski definition) is 1. The monoisotopic (exact) mass is 292 g/mol. The molecule has 1 aliphatic rings. The van der Waals surface area contributed by atoms with Crippen LogP contribution in [0.5, 0.6) is 0 Å². The molecule has 1 aromatic carbocycles. The van der Waals surface area contributed by atoms with Crippen LogP contribution in [0, 0.1) is 0 Å². The molecule has 0 saturated carbocycles. The van der Waals surface area contributed by atoms with Crippen molar-refractivity contribution in [2.45, 2.75) is 40.2 Å². The summed E-state index contributed by atoms with van der Waals surface area (Å²) in [6, 6.07) is 10.7. The summed E-state index contributed by atoms with van der Waals surface area (Å²) in [5, 5.41) is 3.56. The Morgan fingerprint density at radius 1 is 1.15 bits per heavy atom. The van der Waals surface area contributed by atoms with E-state index in [2.05, 4.69) is 74.8 Å². The molecule has 20 heavy (non-hydrogen) atoms. The van der Waals surface area contributed by atoms with Gasteiger partial charge in [-0.1, -0.05) is 30.3 Å². The van der Waals surface area contributed by atoms with Crippen molar-refractivity contribution in [1.82, 2.24) is 5.32 Å². The third kappa shape index (κ3) is 3.24. The van der Waals surface area contributed by atoms with E-state index < -0.39 is 0 Å². The van der Waals surface area contributed by atoms with Gasteiger partial charge in [-0.2, -0.15) is 0 Å². The number of benzene rings is 1. The first-order chi connectivity index (χ1) is 8.95. The Balaban J connectivity index is 0.00000200. The lowest BCUT2D eigenvalue weighted by molar-refractivity contribution is -0.587. The zero-order chi connectivity index (χ0) is 14.0. The van der Waals surface area contributed by atoms with Crippen molar-refractivity contribution < 1.29 is 17.0 Å². The molecule has 0 atom stereocenters. The number of likely N-dealkylation sites (N-methyl/N-ethyl adjacent to an activating group) is 1. The summed E-state index contributed by atoms with van der Waals surface area (Å²) < 4.78 is 2.47. The predicted octanol–water partition coefficient (Wildman–Crippen LogP) is 0.297. The highest BCUT2D eigenvalue weighted by Crippen LogP contribution is 2.27. The van der Waals surface area contributed by atoms with Gasteiger partial charge in [0.2, 0.25) is 0 Å². The second-order valence-corrected chi connectivity index (χ2v) is 6.16. The Morgan fingerprint density at radius 2 is 1.75 bits per heavy atom. The minimum Gasteiger partial charge on any atom is -1.00 e. The number of hydrogen-bond donors (Lipinski definition) is 1. The third-order valence-corrected chi connectivity index (χ3v) is 3.55. The van der Waals surface area contributed by atoms with E-state index in [9.17, 15) is 0 Å². The SMILES string of the molecule is CCNC1=[N+](C(C)(C)C)CC(C)=C1c1ccccc1.[Cl-]. The first kappa shape index (κ1) is 16.8. The highest BCUT2D eigenvalue weighted by molar-refractivity contribution is 6.22. The summed E-state index contributed by atoms with van der Waals surface area (Å²) in [6.45, 7) is 13.2. The van der Waals surface area contributed by atoms with E-state index in [-0.39, 0.29) is 17.9 Å². The topological polar surface area (TPSA) is 15.0 Å². The molecule has 1 aliphatic heterocycles. The van der Waals surface area contributed by atoms with Gasteiger partial charge in [0.1, 0.15) is 6.54 Å². The van der Waals surface area contributed by atoms with Crippen LogP contribution in [-0.4, -0.2) is 29.0 Å². The Kier molecular flexibility index (Phi) is 5.41. The summed E-state index contributed by atoms with van der Waals surface area (Å²) >= 11 is 0. The molecular formula is C17H25ClN2. The van der Waals surface area contributed by atoms with E-state index in [0.29, 0.717) is 0 Å². The lowest BCUT2D eigenvalue weighted by Gasteiger charge is -2.21. The average Bonchev–Trinajstić information content (AvgIpc) is 2.68. The smallest absolute Gasteiger partial charge is 0.278 e. The number of nitrogens with one attached hydrogen (secondary N) is 1. The van der Waals surface area contributed by atoms with Crippen molar-refractivity contribution in [3.63, 3.8) is 0 Å². The standard InChI is InChI=1S/C17H24N2.ClH/c1-6-18-16-15(14-10-8-7-9-11-14)13(2)12-19(16)17(3,4)5;/h7-11H,6,12H2,1-5H3;1H. The maximum Gasteiger partial charge on any atom is 0.278 e. The normalized spacial score (nSPS) is 15.4. The zero-order valence-electron chi connectivity index (χ0n) is 13.1. The fourth-order valence-corrected chi connectivity index (χ4v) is 2.64. The van der Waals surface area contributed by atoms with Crippen LogP contribution in [0.2, 0.25) is 0 Å². The molecule has 0 fully saturated rings. The molecule has 0 unspecified atom stereocenters. The van der Waals surface area contributed by atoms with Gasteiger partial charge in [0.25, 0.3) is 5.84 Å². The van der Waals surface area contributed by atoms with Crippen molar-refractivity contribution in [2.24, 2.45) is 0 Å². The molecule has 3 heteroatoms. The molecule has 0 spiro atoms. The summed E-state index contributed by atoms with van der Waals surface area (Å²) in [6.07, 6.45) is 0. The Bertz CT molecular complexity index is 522. The van der Waals surface area contributed by atoms with Gasteiger partial charge in [-0.05, 0) is 45.8 Å². The van der Waals surface area contributed by atoms with E-state index in [1.54, 1.807) is 0 Å².